The number of likely N-dealkylation sites (tertiary alicyclic amines) is 1. The minimum atomic E-state index is -0.135. The normalized spacial score (nSPS) is 14.4. The van der Waals surface area contributed by atoms with E-state index >= 15 is 0 Å². The van der Waals surface area contributed by atoms with Gasteiger partial charge in [0.2, 0.25) is 0 Å². The molecule has 1 fully saturated rings. The largest absolute Gasteiger partial charge is 0.459 e. The van der Waals surface area contributed by atoms with Crippen molar-refractivity contribution in [3.8, 4) is 11.3 Å². The predicted octanol–water partition coefficient (Wildman–Crippen LogP) is 3.92. The molecule has 1 aliphatic rings. The van der Waals surface area contributed by atoms with E-state index in [1.807, 2.05) is 42.5 Å². The minimum absolute atomic E-state index is 0.00285. The molecule has 5 rings (SSSR count). The summed E-state index contributed by atoms with van der Waals surface area (Å²) in [6.07, 6.45) is 6.33. The number of hydrogen-bond donors (Lipinski definition) is 1. The third-order valence-electron chi connectivity index (χ3n) is 5.77. The van der Waals surface area contributed by atoms with Crippen molar-refractivity contribution < 1.29 is 14.0 Å². The van der Waals surface area contributed by atoms with Gasteiger partial charge in [-0.1, -0.05) is 18.2 Å². The molecule has 2 amide bonds. The number of aromatic nitrogens is 2. The van der Waals surface area contributed by atoms with Gasteiger partial charge in [0.15, 0.2) is 5.76 Å². The quantitative estimate of drug-likeness (QED) is 0.534. The van der Waals surface area contributed by atoms with E-state index in [0.29, 0.717) is 42.9 Å². The topological polar surface area (TPSA) is 88.3 Å². The maximum absolute atomic E-state index is 13.3. The van der Waals surface area contributed by atoms with Crippen molar-refractivity contribution in [1.82, 2.24) is 20.2 Å². The smallest absolute Gasteiger partial charge is 0.289 e. The van der Waals surface area contributed by atoms with Crippen molar-refractivity contribution in [2.75, 3.05) is 13.1 Å². The first-order valence-corrected chi connectivity index (χ1v) is 10.6. The Labute approximate surface area is 185 Å². The van der Waals surface area contributed by atoms with E-state index in [1.54, 1.807) is 29.4 Å². The van der Waals surface area contributed by atoms with E-state index < -0.39 is 0 Å². The summed E-state index contributed by atoms with van der Waals surface area (Å²) in [6.45, 7) is 1.14. The van der Waals surface area contributed by atoms with Crippen molar-refractivity contribution in [3.05, 3.63) is 84.6 Å². The molecule has 0 spiro atoms. The molecule has 0 unspecified atom stereocenters. The predicted molar refractivity (Wildman–Crippen MR) is 120 cm³/mol. The number of para-hydroxylation sites is 1. The number of furan rings is 1. The van der Waals surface area contributed by atoms with Crippen LogP contribution in [0.2, 0.25) is 0 Å². The molecule has 0 radical (unpaired) electrons. The van der Waals surface area contributed by atoms with Crippen LogP contribution in [0.25, 0.3) is 22.2 Å². The van der Waals surface area contributed by atoms with Gasteiger partial charge in [-0.05, 0) is 49.2 Å². The van der Waals surface area contributed by atoms with Crippen LogP contribution in [0.4, 0.5) is 0 Å². The van der Waals surface area contributed by atoms with Crippen molar-refractivity contribution in [1.29, 1.82) is 0 Å². The van der Waals surface area contributed by atoms with Crippen LogP contribution in [0.1, 0.15) is 33.8 Å². The fraction of sp³-hybridized carbons (Fsp3) is 0.200. The van der Waals surface area contributed by atoms with Gasteiger partial charge >= 0.3 is 0 Å². The van der Waals surface area contributed by atoms with Crippen LogP contribution in [-0.4, -0.2) is 45.8 Å². The van der Waals surface area contributed by atoms with Crippen LogP contribution in [0.5, 0.6) is 0 Å². The number of piperidine rings is 1. The fourth-order valence-corrected chi connectivity index (χ4v) is 4.07. The Bertz CT molecular complexity index is 1250. The third-order valence-corrected chi connectivity index (χ3v) is 5.77. The molecule has 7 heteroatoms. The Kier molecular flexibility index (Phi) is 5.37. The van der Waals surface area contributed by atoms with Crippen LogP contribution in [0.15, 0.2) is 77.7 Å². The second-order valence-corrected chi connectivity index (χ2v) is 7.83. The lowest BCUT2D eigenvalue weighted by Crippen LogP contribution is -2.46. The van der Waals surface area contributed by atoms with Crippen LogP contribution >= 0.6 is 0 Å². The summed E-state index contributed by atoms with van der Waals surface area (Å²) in [5.74, 6) is 0.101. The van der Waals surface area contributed by atoms with E-state index in [-0.39, 0.29) is 17.9 Å². The zero-order valence-electron chi connectivity index (χ0n) is 17.4. The highest BCUT2D eigenvalue weighted by Gasteiger charge is 2.26. The van der Waals surface area contributed by atoms with Crippen LogP contribution in [-0.2, 0) is 0 Å². The van der Waals surface area contributed by atoms with Crippen molar-refractivity contribution >= 4 is 22.7 Å². The van der Waals surface area contributed by atoms with E-state index in [9.17, 15) is 9.59 Å². The number of fused-ring (bicyclic) bond motifs is 1. The first-order valence-electron chi connectivity index (χ1n) is 10.6. The Balaban J connectivity index is 1.34. The lowest BCUT2D eigenvalue weighted by atomic mass is 10.0. The molecule has 0 bridgehead atoms. The Hall–Kier alpha value is -4.00. The molecule has 160 valence electrons. The maximum atomic E-state index is 13.3. The van der Waals surface area contributed by atoms with Gasteiger partial charge in [-0.15, -0.1) is 0 Å². The van der Waals surface area contributed by atoms with Gasteiger partial charge in [0.25, 0.3) is 11.8 Å². The van der Waals surface area contributed by atoms with Crippen molar-refractivity contribution in [2.24, 2.45) is 0 Å². The number of nitrogens with zero attached hydrogens (tertiary/aromatic N) is 3. The van der Waals surface area contributed by atoms with E-state index in [0.717, 1.165) is 16.5 Å². The average molecular weight is 426 g/mol. The second-order valence-electron chi connectivity index (χ2n) is 7.83. The molecule has 0 saturated carbocycles. The molecule has 4 aromatic rings. The molecule has 1 N–H and O–H groups in total. The minimum Gasteiger partial charge on any atom is -0.459 e. The molecule has 3 aromatic heterocycles. The van der Waals surface area contributed by atoms with Gasteiger partial charge < -0.3 is 14.6 Å². The van der Waals surface area contributed by atoms with Crippen LogP contribution in [0.3, 0.4) is 0 Å². The highest BCUT2D eigenvalue weighted by molar-refractivity contribution is 6.07. The standard InChI is InChI=1S/C25H22N4O3/c30-24(27-18-9-12-29(13-10-18)25(31)23-8-4-14-32-23)20-15-22(17-5-3-11-26-16-17)28-21-7-2-1-6-19(20)21/h1-8,11,14-16,18H,9-10,12-13H2,(H,27,30). The summed E-state index contributed by atoms with van der Waals surface area (Å²) in [5.41, 5.74) is 2.92. The Morgan fingerprint density at radius 1 is 1.03 bits per heavy atom. The lowest BCUT2D eigenvalue weighted by Gasteiger charge is -2.32. The zero-order valence-corrected chi connectivity index (χ0v) is 17.4. The summed E-state index contributed by atoms with van der Waals surface area (Å²) in [4.78, 5) is 36.4. The molecule has 7 nitrogen and oxygen atoms in total. The van der Waals surface area contributed by atoms with Gasteiger partial charge in [0.05, 0.1) is 23.0 Å². The molecule has 4 heterocycles. The summed E-state index contributed by atoms with van der Waals surface area (Å²) in [5, 5.41) is 3.96. The molecule has 1 aliphatic heterocycles. The number of amides is 2. The summed E-state index contributed by atoms with van der Waals surface area (Å²) < 4.78 is 5.21. The van der Waals surface area contributed by atoms with Crippen LogP contribution < -0.4 is 5.32 Å². The number of rotatable bonds is 4. The summed E-state index contributed by atoms with van der Waals surface area (Å²) >= 11 is 0. The van der Waals surface area contributed by atoms with E-state index in [4.69, 9.17) is 9.40 Å². The molecule has 0 atom stereocenters. The third kappa shape index (κ3) is 3.97. The monoisotopic (exact) mass is 426 g/mol. The second kappa shape index (κ2) is 8.63. The Morgan fingerprint density at radius 2 is 1.88 bits per heavy atom. The van der Waals surface area contributed by atoms with Crippen molar-refractivity contribution in [2.45, 2.75) is 18.9 Å². The molecule has 1 aromatic carbocycles. The van der Waals surface area contributed by atoms with E-state index in [2.05, 4.69) is 10.3 Å². The first-order chi connectivity index (χ1) is 15.7. The number of carbonyl (C=O) groups is 2. The fourth-order valence-electron chi connectivity index (χ4n) is 4.07. The highest BCUT2D eigenvalue weighted by Crippen LogP contribution is 2.25. The van der Waals surface area contributed by atoms with Gasteiger partial charge in [-0.2, -0.15) is 0 Å². The molecular weight excluding hydrogens is 404 g/mol. The summed E-state index contributed by atoms with van der Waals surface area (Å²) in [6, 6.07) is 16.6. The highest BCUT2D eigenvalue weighted by atomic mass is 16.3. The number of pyridine rings is 2. The number of carbonyl (C=O) groups excluding carboxylic acids is 2. The SMILES string of the molecule is O=C(NC1CCN(C(=O)c2ccco2)CC1)c1cc(-c2cccnc2)nc2ccccc12. The summed E-state index contributed by atoms with van der Waals surface area (Å²) in [7, 11) is 0. The van der Waals surface area contributed by atoms with Gasteiger partial charge in [0, 0.05) is 42.5 Å². The van der Waals surface area contributed by atoms with Gasteiger partial charge in [0.1, 0.15) is 0 Å². The maximum Gasteiger partial charge on any atom is 0.289 e. The van der Waals surface area contributed by atoms with E-state index in [1.165, 1.54) is 6.26 Å². The first kappa shape index (κ1) is 19.9. The number of benzene rings is 1. The molecule has 0 aliphatic carbocycles. The molecule has 32 heavy (non-hydrogen) atoms. The molecule has 1 saturated heterocycles. The number of hydrogen-bond acceptors (Lipinski definition) is 5. The Morgan fingerprint density at radius 3 is 2.62 bits per heavy atom. The average Bonchev–Trinajstić information content (AvgIpc) is 3.39. The van der Waals surface area contributed by atoms with Gasteiger partial charge in [-0.3, -0.25) is 14.6 Å². The van der Waals surface area contributed by atoms with Crippen LogP contribution in [0, 0.1) is 0 Å². The molecular formula is C25H22N4O3. The zero-order chi connectivity index (χ0) is 21.9. The van der Waals surface area contributed by atoms with Crippen molar-refractivity contribution in [3.63, 3.8) is 0 Å². The lowest BCUT2D eigenvalue weighted by molar-refractivity contribution is 0.0667. The number of nitrogens with one attached hydrogen (secondary N) is 1. The van der Waals surface area contributed by atoms with Gasteiger partial charge in [-0.25, -0.2) is 4.98 Å².